The summed E-state index contributed by atoms with van der Waals surface area (Å²) in [4.78, 5) is 2.13. The van der Waals surface area contributed by atoms with Crippen LogP contribution in [0.2, 0.25) is 0 Å². The molecule has 0 aliphatic rings. The normalized spacial score (nSPS) is 10.6. The van der Waals surface area contributed by atoms with E-state index in [0.717, 1.165) is 30.8 Å². The first-order valence-electron chi connectivity index (χ1n) is 6.98. The van der Waals surface area contributed by atoms with Crippen LogP contribution >= 0.6 is 0 Å². The number of aliphatic hydroxyl groups excluding tert-OH is 1. The molecule has 20 heavy (non-hydrogen) atoms. The zero-order valence-electron chi connectivity index (χ0n) is 11.7. The number of hydrogen-bond donors (Lipinski definition) is 1. The first-order chi connectivity index (χ1) is 9.76. The van der Waals surface area contributed by atoms with Crippen molar-refractivity contribution in [3.05, 3.63) is 59.9 Å². The van der Waals surface area contributed by atoms with E-state index in [9.17, 15) is 9.50 Å². The minimum atomic E-state index is -0.318. The van der Waals surface area contributed by atoms with Gasteiger partial charge in [-0.25, -0.2) is 4.39 Å². The molecule has 0 radical (unpaired) electrons. The first-order valence-corrected chi connectivity index (χ1v) is 6.98. The monoisotopic (exact) mass is 273 g/mol. The lowest BCUT2D eigenvalue weighted by atomic mass is 10.1. The van der Waals surface area contributed by atoms with Crippen molar-refractivity contribution in [3.63, 3.8) is 0 Å². The van der Waals surface area contributed by atoms with Gasteiger partial charge in [0.15, 0.2) is 0 Å². The number of para-hydroxylation sites is 1. The van der Waals surface area contributed by atoms with E-state index >= 15 is 0 Å². The van der Waals surface area contributed by atoms with Crippen LogP contribution < -0.4 is 4.90 Å². The van der Waals surface area contributed by atoms with Gasteiger partial charge in [-0.3, -0.25) is 0 Å². The molecule has 0 spiro atoms. The Morgan fingerprint density at radius 1 is 1.10 bits per heavy atom. The Bertz CT molecular complexity index is 542. The number of nitrogens with zero attached hydrogens (tertiary/aromatic N) is 1. The average Bonchev–Trinajstić information content (AvgIpc) is 2.49. The molecule has 0 fully saturated rings. The summed E-state index contributed by atoms with van der Waals surface area (Å²) in [5, 5.41) is 9.47. The summed E-state index contributed by atoms with van der Waals surface area (Å²) < 4.78 is 13.3. The molecule has 0 aliphatic heterocycles. The summed E-state index contributed by atoms with van der Waals surface area (Å²) in [6.45, 7) is 2.82. The third-order valence-corrected chi connectivity index (χ3v) is 3.31. The van der Waals surface area contributed by atoms with Crippen molar-refractivity contribution in [1.29, 1.82) is 0 Å². The van der Waals surface area contributed by atoms with Crippen LogP contribution in [0.4, 0.5) is 15.8 Å². The van der Waals surface area contributed by atoms with Crippen LogP contribution in [0.3, 0.4) is 0 Å². The number of halogens is 1. The molecule has 2 rings (SSSR count). The Balaban J connectivity index is 2.41. The highest BCUT2D eigenvalue weighted by Crippen LogP contribution is 2.29. The Hall–Kier alpha value is -1.87. The van der Waals surface area contributed by atoms with Gasteiger partial charge in [-0.15, -0.1) is 0 Å². The number of benzene rings is 2. The fourth-order valence-electron chi connectivity index (χ4n) is 2.26. The van der Waals surface area contributed by atoms with E-state index in [4.69, 9.17) is 0 Å². The smallest absolute Gasteiger partial charge is 0.123 e. The number of aliphatic hydroxyl groups is 1. The number of anilines is 2. The van der Waals surface area contributed by atoms with Gasteiger partial charge in [0, 0.05) is 23.5 Å². The van der Waals surface area contributed by atoms with Crippen LogP contribution in [0.5, 0.6) is 0 Å². The van der Waals surface area contributed by atoms with Gasteiger partial charge in [-0.1, -0.05) is 31.5 Å². The van der Waals surface area contributed by atoms with Gasteiger partial charge in [0.05, 0.1) is 6.61 Å². The molecule has 0 saturated carbocycles. The zero-order chi connectivity index (χ0) is 14.4. The molecule has 0 aromatic heterocycles. The number of rotatable bonds is 6. The Morgan fingerprint density at radius 2 is 1.85 bits per heavy atom. The van der Waals surface area contributed by atoms with Gasteiger partial charge < -0.3 is 10.0 Å². The summed E-state index contributed by atoms with van der Waals surface area (Å²) in [5.74, 6) is -0.318. The minimum absolute atomic E-state index is 0.164. The van der Waals surface area contributed by atoms with E-state index < -0.39 is 0 Å². The summed E-state index contributed by atoms with van der Waals surface area (Å²) in [7, 11) is 0. The fraction of sp³-hybridized carbons (Fsp3) is 0.294. The van der Waals surface area contributed by atoms with Crippen molar-refractivity contribution in [3.8, 4) is 0 Å². The topological polar surface area (TPSA) is 23.5 Å². The Kier molecular flexibility index (Phi) is 5.13. The van der Waals surface area contributed by atoms with Crippen LogP contribution in [-0.2, 0) is 6.61 Å². The molecule has 1 N–H and O–H groups in total. The number of unbranched alkanes of at least 4 members (excludes halogenated alkanes) is 1. The molecule has 106 valence electrons. The van der Waals surface area contributed by atoms with Gasteiger partial charge in [-0.05, 0) is 36.8 Å². The highest BCUT2D eigenvalue weighted by molar-refractivity contribution is 5.66. The van der Waals surface area contributed by atoms with Crippen LogP contribution in [0.1, 0.15) is 25.3 Å². The molecule has 3 heteroatoms. The molecule has 0 saturated heterocycles. The average molecular weight is 273 g/mol. The lowest BCUT2D eigenvalue weighted by molar-refractivity contribution is 0.281. The molecule has 0 amide bonds. The maximum atomic E-state index is 13.3. The van der Waals surface area contributed by atoms with Gasteiger partial charge in [0.2, 0.25) is 0 Å². The SMILES string of the molecule is CCCCN(c1ccccc1)c1ccc(F)cc1CO. The molecule has 0 heterocycles. The second-order valence-corrected chi connectivity index (χ2v) is 4.77. The quantitative estimate of drug-likeness (QED) is 0.850. The van der Waals surface area contributed by atoms with Gasteiger partial charge in [-0.2, -0.15) is 0 Å². The fourth-order valence-corrected chi connectivity index (χ4v) is 2.26. The molecule has 0 bridgehead atoms. The Labute approximate surface area is 119 Å². The lowest BCUT2D eigenvalue weighted by Crippen LogP contribution is -2.20. The van der Waals surface area contributed by atoms with Crippen LogP contribution in [0, 0.1) is 5.82 Å². The predicted octanol–water partition coefficient (Wildman–Crippen LogP) is 4.26. The van der Waals surface area contributed by atoms with Crippen molar-refractivity contribution in [2.24, 2.45) is 0 Å². The highest BCUT2D eigenvalue weighted by atomic mass is 19.1. The maximum Gasteiger partial charge on any atom is 0.123 e. The zero-order valence-corrected chi connectivity index (χ0v) is 11.7. The van der Waals surface area contributed by atoms with Gasteiger partial charge in [0.25, 0.3) is 0 Å². The van der Waals surface area contributed by atoms with Gasteiger partial charge in [0.1, 0.15) is 5.82 Å². The molecular formula is C17H20FNO. The predicted molar refractivity (Wildman–Crippen MR) is 80.7 cm³/mol. The molecule has 2 aromatic carbocycles. The van der Waals surface area contributed by atoms with E-state index in [-0.39, 0.29) is 12.4 Å². The van der Waals surface area contributed by atoms with E-state index in [2.05, 4.69) is 11.8 Å². The number of hydrogen-bond acceptors (Lipinski definition) is 2. The lowest BCUT2D eigenvalue weighted by Gasteiger charge is -2.27. The summed E-state index contributed by atoms with van der Waals surface area (Å²) >= 11 is 0. The van der Waals surface area contributed by atoms with E-state index in [0.29, 0.717) is 5.56 Å². The molecule has 0 atom stereocenters. The van der Waals surface area contributed by atoms with E-state index in [1.807, 2.05) is 30.3 Å². The van der Waals surface area contributed by atoms with Crippen LogP contribution in [-0.4, -0.2) is 11.7 Å². The Morgan fingerprint density at radius 3 is 2.50 bits per heavy atom. The summed E-state index contributed by atoms with van der Waals surface area (Å²) in [5.41, 5.74) is 2.54. The second-order valence-electron chi connectivity index (χ2n) is 4.77. The van der Waals surface area contributed by atoms with Crippen molar-refractivity contribution in [2.45, 2.75) is 26.4 Å². The van der Waals surface area contributed by atoms with Crippen molar-refractivity contribution in [1.82, 2.24) is 0 Å². The standard InChI is InChI=1S/C17H20FNO/c1-2-3-11-19(16-7-5-4-6-8-16)17-10-9-15(18)12-14(17)13-20/h4-10,12,20H,2-3,11,13H2,1H3. The van der Waals surface area contributed by atoms with Crippen LogP contribution in [0.25, 0.3) is 0 Å². The largest absolute Gasteiger partial charge is 0.392 e. The summed E-state index contributed by atoms with van der Waals surface area (Å²) in [6, 6.07) is 14.6. The van der Waals surface area contributed by atoms with Crippen molar-refractivity contribution < 1.29 is 9.50 Å². The van der Waals surface area contributed by atoms with Gasteiger partial charge >= 0.3 is 0 Å². The molecular weight excluding hydrogens is 253 g/mol. The maximum absolute atomic E-state index is 13.3. The minimum Gasteiger partial charge on any atom is -0.392 e. The van der Waals surface area contributed by atoms with Crippen LogP contribution in [0.15, 0.2) is 48.5 Å². The van der Waals surface area contributed by atoms with Crippen molar-refractivity contribution >= 4 is 11.4 Å². The van der Waals surface area contributed by atoms with Crippen molar-refractivity contribution in [2.75, 3.05) is 11.4 Å². The summed E-state index contributed by atoms with van der Waals surface area (Å²) in [6.07, 6.45) is 2.12. The third-order valence-electron chi connectivity index (χ3n) is 3.31. The van der Waals surface area contributed by atoms with E-state index in [1.54, 1.807) is 6.07 Å². The third kappa shape index (κ3) is 3.36. The molecule has 2 aromatic rings. The molecule has 0 aliphatic carbocycles. The highest BCUT2D eigenvalue weighted by Gasteiger charge is 2.13. The van der Waals surface area contributed by atoms with E-state index in [1.165, 1.54) is 12.1 Å². The first kappa shape index (κ1) is 14.5. The second kappa shape index (κ2) is 7.06. The molecule has 0 unspecified atom stereocenters. The molecule has 2 nitrogen and oxygen atoms in total.